The fourth-order valence-electron chi connectivity index (χ4n) is 4.32. The van der Waals surface area contributed by atoms with Crippen LogP contribution in [0.3, 0.4) is 0 Å². The third-order valence-electron chi connectivity index (χ3n) is 6.00. The zero-order chi connectivity index (χ0) is 26.3. The van der Waals surface area contributed by atoms with E-state index in [1.165, 1.54) is 6.92 Å². The predicted molar refractivity (Wildman–Crippen MR) is 152 cm³/mol. The molecule has 1 aromatic heterocycles. The smallest absolute Gasteiger partial charge is 0.271 e. The van der Waals surface area contributed by atoms with Crippen molar-refractivity contribution < 1.29 is 9.59 Å². The minimum atomic E-state index is -0.345. The van der Waals surface area contributed by atoms with E-state index >= 15 is 0 Å². The number of hydrazone groups is 1. The molecule has 4 aromatic carbocycles. The number of amides is 2. The predicted octanol–water partition coefficient (Wildman–Crippen LogP) is 6.53. The van der Waals surface area contributed by atoms with Gasteiger partial charge in [-0.1, -0.05) is 78.9 Å². The molecular weight excluding hydrogens is 472 g/mol. The van der Waals surface area contributed by atoms with Gasteiger partial charge in [0.15, 0.2) is 0 Å². The van der Waals surface area contributed by atoms with Crippen LogP contribution >= 0.6 is 0 Å². The van der Waals surface area contributed by atoms with Crippen molar-refractivity contribution in [1.29, 1.82) is 0 Å². The van der Waals surface area contributed by atoms with Crippen LogP contribution in [0.4, 0.5) is 5.69 Å². The first kappa shape index (κ1) is 24.5. The Morgan fingerprint density at radius 3 is 1.92 bits per heavy atom. The first-order chi connectivity index (χ1) is 18.6. The fraction of sp³-hybridized carbons (Fsp3) is 0.0312. The number of hydrogen-bond acceptors (Lipinski definition) is 3. The van der Waals surface area contributed by atoms with Gasteiger partial charge in [-0.25, -0.2) is 5.43 Å². The third kappa shape index (κ3) is 5.44. The molecule has 0 spiro atoms. The van der Waals surface area contributed by atoms with Crippen LogP contribution in [-0.2, 0) is 4.79 Å². The second kappa shape index (κ2) is 11.2. The van der Waals surface area contributed by atoms with Crippen molar-refractivity contribution in [2.75, 3.05) is 5.32 Å². The molecule has 2 amide bonds. The highest BCUT2D eigenvalue weighted by atomic mass is 16.2. The molecule has 0 atom stereocenters. The largest absolute Gasteiger partial charge is 0.326 e. The summed E-state index contributed by atoms with van der Waals surface area (Å²) in [6.07, 6.45) is 1.68. The van der Waals surface area contributed by atoms with Crippen LogP contribution < -0.4 is 10.7 Å². The van der Waals surface area contributed by atoms with Crippen molar-refractivity contribution >= 4 is 23.7 Å². The third-order valence-corrected chi connectivity index (χ3v) is 6.00. The number of carbonyl (C=O) groups excluding carboxylic acids is 2. The lowest BCUT2D eigenvalue weighted by molar-refractivity contribution is -0.114. The monoisotopic (exact) mass is 498 g/mol. The summed E-state index contributed by atoms with van der Waals surface area (Å²) in [7, 11) is 0. The molecule has 0 aliphatic carbocycles. The molecule has 0 radical (unpaired) electrons. The van der Waals surface area contributed by atoms with E-state index in [1.807, 2.05) is 54.6 Å². The second-order valence-corrected chi connectivity index (χ2v) is 8.69. The average molecular weight is 499 g/mol. The van der Waals surface area contributed by atoms with Crippen LogP contribution in [0.25, 0.3) is 28.2 Å². The van der Waals surface area contributed by atoms with Crippen LogP contribution in [0.2, 0.25) is 0 Å². The van der Waals surface area contributed by atoms with Crippen molar-refractivity contribution in [2.45, 2.75) is 6.92 Å². The van der Waals surface area contributed by atoms with Crippen molar-refractivity contribution in [3.8, 4) is 28.2 Å². The Morgan fingerprint density at radius 1 is 0.737 bits per heavy atom. The summed E-state index contributed by atoms with van der Waals surface area (Å²) >= 11 is 0. The SMILES string of the molecule is CC(=O)Nc1ccc(C(=O)N/N=C\c2cc(-c3ccccc3)n(-c3ccccc3)c2-c2ccccc2)cc1. The lowest BCUT2D eigenvalue weighted by atomic mass is 10.1. The van der Waals surface area contributed by atoms with E-state index < -0.39 is 0 Å². The maximum absolute atomic E-state index is 12.7. The van der Waals surface area contributed by atoms with E-state index in [0.717, 1.165) is 33.8 Å². The van der Waals surface area contributed by atoms with E-state index in [-0.39, 0.29) is 11.8 Å². The van der Waals surface area contributed by atoms with Gasteiger partial charge in [-0.15, -0.1) is 0 Å². The quantitative estimate of drug-likeness (QED) is 0.198. The summed E-state index contributed by atoms with van der Waals surface area (Å²) in [6.45, 7) is 1.44. The molecule has 0 saturated carbocycles. The van der Waals surface area contributed by atoms with Crippen molar-refractivity contribution in [3.05, 3.63) is 132 Å². The Balaban J connectivity index is 1.53. The lowest BCUT2D eigenvalue weighted by Gasteiger charge is -2.15. The number of nitrogens with one attached hydrogen (secondary N) is 2. The van der Waals surface area contributed by atoms with Crippen LogP contribution in [0, 0.1) is 0 Å². The van der Waals surface area contributed by atoms with Crippen LogP contribution in [0.5, 0.6) is 0 Å². The van der Waals surface area contributed by atoms with E-state index in [1.54, 1.807) is 30.5 Å². The van der Waals surface area contributed by atoms with Gasteiger partial charge in [-0.3, -0.25) is 9.59 Å². The molecule has 1 heterocycles. The minimum absolute atomic E-state index is 0.168. The topological polar surface area (TPSA) is 75.5 Å². The molecule has 0 bridgehead atoms. The summed E-state index contributed by atoms with van der Waals surface area (Å²) in [5, 5.41) is 7.00. The van der Waals surface area contributed by atoms with Gasteiger partial charge in [0.05, 0.1) is 17.6 Å². The molecule has 5 aromatic rings. The van der Waals surface area contributed by atoms with E-state index in [2.05, 4.69) is 62.9 Å². The van der Waals surface area contributed by atoms with Gasteiger partial charge < -0.3 is 9.88 Å². The average Bonchev–Trinajstić information content (AvgIpc) is 3.34. The van der Waals surface area contributed by atoms with Gasteiger partial charge in [0.2, 0.25) is 5.91 Å². The molecule has 0 fully saturated rings. The van der Waals surface area contributed by atoms with Gasteiger partial charge in [-0.2, -0.15) is 5.10 Å². The Hall–Kier alpha value is -5.23. The molecule has 0 aliphatic heterocycles. The summed E-state index contributed by atoms with van der Waals surface area (Å²) in [5.41, 5.74) is 9.64. The Labute approximate surface area is 221 Å². The highest BCUT2D eigenvalue weighted by Crippen LogP contribution is 2.35. The van der Waals surface area contributed by atoms with E-state index in [4.69, 9.17) is 0 Å². The number of anilines is 1. The van der Waals surface area contributed by atoms with Crippen LogP contribution in [0.15, 0.2) is 126 Å². The Morgan fingerprint density at radius 2 is 1.32 bits per heavy atom. The molecule has 0 unspecified atom stereocenters. The molecule has 5 rings (SSSR count). The van der Waals surface area contributed by atoms with E-state index in [9.17, 15) is 9.59 Å². The molecule has 186 valence electrons. The fourth-order valence-corrected chi connectivity index (χ4v) is 4.32. The standard InChI is InChI=1S/C32H26N4O2/c1-23(37)34-28-19-17-26(18-20-28)32(38)35-33-22-27-21-30(24-11-5-2-6-12-24)36(29-15-9-4-10-16-29)31(27)25-13-7-3-8-14-25/h2-22H,1H3,(H,34,37)(H,35,38)/b33-22-. The van der Waals surface area contributed by atoms with Gasteiger partial charge in [0, 0.05) is 29.4 Å². The summed E-state index contributed by atoms with van der Waals surface area (Å²) in [6, 6.07) is 39.2. The summed E-state index contributed by atoms with van der Waals surface area (Å²) in [5.74, 6) is -0.513. The number of carbonyl (C=O) groups is 2. The normalized spacial score (nSPS) is 10.9. The maximum Gasteiger partial charge on any atom is 0.271 e. The molecule has 6 nitrogen and oxygen atoms in total. The van der Waals surface area contributed by atoms with Crippen LogP contribution in [0.1, 0.15) is 22.8 Å². The number of benzene rings is 4. The highest BCUT2D eigenvalue weighted by Gasteiger charge is 2.18. The Kier molecular flexibility index (Phi) is 7.23. The van der Waals surface area contributed by atoms with Crippen molar-refractivity contribution in [3.63, 3.8) is 0 Å². The van der Waals surface area contributed by atoms with Gasteiger partial charge in [0.1, 0.15) is 0 Å². The maximum atomic E-state index is 12.7. The molecule has 2 N–H and O–H groups in total. The number of para-hydroxylation sites is 1. The first-order valence-electron chi connectivity index (χ1n) is 12.2. The summed E-state index contributed by atoms with van der Waals surface area (Å²) in [4.78, 5) is 24.0. The molecule has 6 heteroatoms. The Bertz CT molecular complexity index is 1570. The second-order valence-electron chi connectivity index (χ2n) is 8.69. The zero-order valence-electron chi connectivity index (χ0n) is 20.8. The molecule has 0 saturated heterocycles. The van der Waals surface area contributed by atoms with Crippen molar-refractivity contribution in [2.24, 2.45) is 5.10 Å². The number of aromatic nitrogens is 1. The van der Waals surface area contributed by atoms with E-state index in [0.29, 0.717) is 11.3 Å². The number of hydrogen-bond donors (Lipinski definition) is 2. The molecule has 38 heavy (non-hydrogen) atoms. The van der Waals surface area contributed by atoms with Crippen molar-refractivity contribution in [1.82, 2.24) is 9.99 Å². The molecule has 0 aliphatic rings. The van der Waals surface area contributed by atoms with Gasteiger partial charge >= 0.3 is 0 Å². The lowest BCUT2D eigenvalue weighted by Crippen LogP contribution is -2.17. The highest BCUT2D eigenvalue weighted by molar-refractivity contribution is 5.97. The minimum Gasteiger partial charge on any atom is -0.326 e. The van der Waals surface area contributed by atoms with Gasteiger partial charge in [-0.05, 0) is 53.6 Å². The molecular formula is C32H26N4O2. The van der Waals surface area contributed by atoms with Crippen LogP contribution in [-0.4, -0.2) is 22.6 Å². The first-order valence-corrected chi connectivity index (χ1v) is 12.2. The summed E-state index contributed by atoms with van der Waals surface area (Å²) < 4.78 is 2.22. The zero-order valence-corrected chi connectivity index (χ0v) is 20.8. The number of rotatable bonds is 7. The van der Waals surface area contributed by atoms with Gasteiger partial charge in [0.25, 0.3) is 5.91 Å². The number of nitrogens with zero attached hydrogens (tertiary/aromatic N) is 2.